The van der Waals surface area contributed by atoms with Gasteiger partial charge < -0.3 is 14.4 Å². The van der Waals surface area contributed by atoms with Crippen LogP contribution in [0.25, 0.3) is 60.5 Å². The maximum absolute atomic E-state index is 2.63. The Morgan fingerprint density at radius 1 is 0.339 bits per heavy atom. The molecule has 1 spiro atoms. The molecule has 1 aromatic heterocycles. The number of fused-ring (bicyclic) bond motifs is 8. The van der Waals surface area contributed by atoms with E-state index in [1.54, 1.807) is 0 Å². The summed E-state index contributed by atoms with van der Waals surface area (Å²) >= 11 is 0. The van der Waals surface area contributed by atoms with E-state index >= 15 is 0 Å². The number of nitrogens with zero attached hydrogens (tertiary/aromatic N) is 3. The van der Waals surface area contributed by atoms with Gasteiger partial charge >= 0.3 is 0 Å². The standard InChI is InChI=1S/C53H35N3/c1-2-15-36(16-3-1)38-19-12-20-41(35-38)56-51-30-14-18-37-17-13-29-50(52(37)51)55(53(56)46-25-8-4-21-42(46)43-22-5-9-26-47(43)53)40-33-31-39(32-34-40)54-48-27-10-6-23-44(48)45-24-7-11-28-49(45)54/h1-35H. The summed E-state index contributed by atoms with van der Waals surface area (Å²) in [6.45, 7) is 0. The first-order chi connectivity index (χ1) is 27.8. The lowest BCUT2D eigenvalue weighted by atomic mass is 9.85. The van der Waals surface area contributed by atoms with Crippen LogP contribution in [0.2, 0.25) is 0 Å². The highest BCUT2D eigenvalue weighted by Gasteiger charge is 2.56. The fourth-order valence-corrected chi connectivity index (χ4v) is 9.85. The topological polar surface area (TPSA) is 11.4 Å². The van der Waals surface area contributed by atoms with Crippen LogP contribution in [0, 0.1) is 0 Å². The summed E-state index contributed by atoms with van der Waals surface area (Å²) in [6.07, 6.45) is 0. The summed E-state index contributed by atoms with van der Waals surface area (Å²) in [5.41, 5.74) is 14.8. The number of rotatable bonds is 4. The van der Waals surface area contributed by atoms with Crippen molar-refractivity contribution in [2.24, 2.45) is 0 Å². The van der Waals surface area contributed by atoms with Gasteiger partial charge in [-0.3, -0.25) is 0 Å². The maximum atomic E-state index is 2.63. The van der Waals surface area contributed by atoms with Gasteiger partial charge in [-0.1, -0.05) is 152 Å². The summed E-state index contributed by atoms with van der Waals surface area (Å²) in [4.78, 5) is 5.25. The Morgan fingerprint density at radius 2 is 0.839 bits per heavy atom. The average molecular weight is 714 g/mol. The molecule has 0 atom stereocenters. The summed E-state index contributed by atoms with van der Waals surface area (Å²) in [7, 11) is 0. The number of hydrogen-bond acceptors (Lipinski definition) is 2. The molecule has 0 unspecified atom stereocenters. The van der Waals surface area contributed by atoms with Gasteiger partial charge in [-0.05, 0) is 88.3 Å². The summed E-state index contributed by atoms with van der Waals surface area (Å²) in [5.74, 6) is 0. The van der Waals surface area contributed by atoms with Gasteiger partial charge in [-0.25, -0.2) is 0 Å². The molecule has 0 saturated carbocycles. The maximum Gasteiger partial charge on any atom is 0.176 e. The van der Waals surface area contributed by atoms with E-state index in [1.165, 1.54) is 77.3 Å². The first kappa shape index (κ1) is 31.0. The molecule has 10 aromatic rings. The lowest BCUT2D eigenvalue weighted by Gasteiger charge is -2.55. The van der Waals surface area contributed by atoms with Crippen molar-refractivity contribution in [3.8, 4) is 27.9 Å². The molecular formula is C53H35N3. The molecular weight excluding hydrogens is 679 g/mol. The molecule has 0 amide bonds. The van der Waals surface area contributed by atoms with Crippen LogP contribution in [0.3, 0.4) is 0 Å². The van der Waals surface area contributed by atoms with Gasteiger partial charge in [-0.15, -0.1) is 0 Å². The van der Waals surface area contributed by atoms with Crippen molar-refractivity contribution in [3.63, 3.8) is 0 Å². The van der Waals surface area contributed by atoms with Crippen LogP contribution in [-0.2, 0) is 5.66 Å². The molecule has 0 fully saturated rings. The van der Waals surface area contributed by atoms with E-state index in [0.29, 0.717) is 0 Å². The van der Waals surface area contributed by atoms with E-state index in [-0.39, 0.29) is 0 Å². The predicted molar refractivity (Wildman–Crippen MR) is 234 cm³/mol. The van der Waals surface area contributed by atoms with E-state index in [2.05, 4.69) is 227 Å². The lowest BCUT2D eigenvalue weighted by Crippen LogP contribution is -2.57. The number of aromatic nitrogens is 1. The molecule has 1 aliphatic heterocycles. The Hall–Kier alpha value is -7.36. The van der Waals surface area contributed by atoms with Crippen molar-refractivity contribution in [1.29, 1.82) is 0 Å². The third-order valence-corrected chi connectivity index (χ3v) is 12.0. The lowest BCUT2D eigenvalue weighted by molar-refractivity contribution is 0.541. The molecule has 0 bridgehead atoms. The van der Waals surface area contributed by atoms with E-state index in [0.717, 1.165) is 17.1 Å². The fraction of sp³-hybridized carbons (Fsp3) is 0.0189. The molecule has 2 aliphatic rings. The molecule has 56 heavy (non-hydrogen) atoms. The number of hydrogen-bond donors (Lipinski definition) is 0. The highest BCUT2D eigenvalue weighted by atomic mass is 15.4. The van der Waals surface area contributed by atoms with Gasteiger partial charge in [0, 0.05) is 44.3 Å². The highest BCUT2D eigenvalue weighted by molar-refractivity contribution is 6.12. The van der Waals surface area contributed by atoms with Crippen molar-refractivity contribution >= 4 is 55.3 Å². The first-order valence-corrected chi connectivity index (χ1v) is 19.4. The molecule has 1 aliphatic carbocycles. The van der Waals surface area contributed by atoms with Gasteiger partial charge in [0.15, 0.2) is 5.66 Å². The molecule has 0 saturated heterocycles. The van der Waals surface area contributed by atoms with Crippen LogP contribution >= 0.6 is 0 Å². The minimum atomic E-state index is -0.764. The van der Waals surface area contributed by atoms with Crippen LogP contribution in [0.1, 0.15) is 11.1 Å². The second-order valence-electron chi connectivity index (χ2n) is 14.9. The summed E-state index contributed by atoms with van der Waals surface area (Å²) in [6, 6.07) is 78.2. The average Bonchev–Trinajstić information content (AvgIpc) is 3.75. The molecule has 12 rings (SSSR count). The second-order valence-corrected chi connectivity index (χ2v) is 14.9. The van der Waals surface area contributed by atoms with Crippen molar-refractivity contribution in [1.82, 2.24) is 4.57 Å². The Labute approximate surface area is 325 Å². The predicted octanol–water partition coefficient (Wildman–Crippen LogP) is 13.8. The molecule has 3 nitrogen and oxygen atoms in total. The molecule has 262 valence electrons. The van der Waals surface area contributed by atoms with E-state index in [1.807, 2.05) is 0 Å². The molecule has 0 radical (unpaired) electrons. The third-order valence-electron chi connectivity index (χ3n) is 12.0. The Balaban J connectivity index is 1.17. The van der Waals surface area contributed by atoms with Crippen molar-refractivity contribution in [3.05, 3.63) is 223 Å². The smallest absolute Gasteiger partial charge is 0.176 e. The van der Waals surface area contributed by atoms with Crippen LogP contribution in [0.4, 0.5) is 22.7 Å². The van der Waals surface area contributed by atoms with Gasteiger partial charge in [0.05, 0.1) is 22.4 Å². The number of para-hydroxylation sites is 2. The van der Waals surface area contributed by atoms with Gasteiger partial charge in [0.1, 0.15) is 0 Å². The van der Waals surface area contributed by atoms with Crippen molar-refractivity contribution < 1.29 is 0 Å². The molecule has 9 aromatic carbocycles. The molecule has 3 heteroatoms. The van der Waals surface area contributed by atoms with Crippen LogP contribution < -0.4 is 9.80 Å². The minimum absolute atomic E-state index is 0.764. The highest BCUT2D eigenvalue weighted by Crippen LogP contribution is 2.63. The Kier molecular flexibility index (Phi) is 6.55. The largest absolute Gasteiger partial charge is 0.309 e. The number of benzene rings is 9. The number of anilines is 4. The van der Waals surface area contributed by atoms with Crippen molar-refractivity contribution in [2.45, 2.75) is 5.66 Å². The van der Waals surface area contributed by atoms with Crippen molar-refractivity contribution in [2.75, 3.05) is 9.80 Å². The zero-order valence-electron chi connectivity index (χ0n) is 30.5. The zero-order valence-corrected chi connectivity index (χ0v) is 30.5. The minimum Gasteiger partial charge on any atom is -0.309 e. The molecule has 0 N–H and O–H groups in total. The Bertz CT molecular complexity index is 3050. The van der Waals surface area contributed by atoms with Gasteiger partial charge in [-0.2, -0.15) is 0 Å². The second kappa shape index (κ2) is 11.8. The first-order valence-electron chi connectivity index (χ1n) is 19.4. The van der Waals surface area contributed by atoms with E-state index in [4.69, 9.17) is 0 Å². The molecule has 2 heterocycles. The third kappa shape index (κ3) is 4.17. The quantitative estimate of drug-likeness (QED) is 0.180. The monoisotopic (exact) mass is 713 g/mol. The van der Waals surface area contributed by atoms with Crippen LogP contribution in [-0.4, -0.2) is 4.57 Å². The SMILES string of the molecule is c1ccc(-c2cccc(N3c4cccc5cccc(c45)N(c4ccc(-n5c6ccccc6c6ccccc65)cc4)C34c3ccccc3-c3ccccc34)c2)cc1. The van der Waals surface area contributed by atoms with Crippen LogP contribution in [0.15, 0.2) is 212 Å². The fourth-order valence-electron chi connectivity index (χ4n) is 9.85. The van der Waals surface area contributed by atoms with Crippen LogP contribution in [0.5, 0.6) is 0 Å². The Morgan fingerprint density at radius 3 is 1.48 bits per heavy atom. The van der Waals surface area contributed by atoms with E-state index < -0.39 is 5.66 Å². The normalized spacial score (nSPS) is 13.8. The van der Waals surface area contributed by atoms with Gasteiger partial charge in [0.2, 0.25) is 0 Å². The van der Waals surface area contributed by atoms with Gasteiger partial charge in [0.25, 0.3) is 0 Å². The summed E-state index contributed by atoms with van der Waals surface area (Å²) in [5, 5.41) is 4.97. The zero-order chi connectivity index (χ0) is 36.8. The van der Waals surface area contributed by atoms with E-state index in [9.17, 15) is 0 Å². The summed E-state index contributed by atoms with van der Waals surface area (Å²) < 4.78 is 2.40.